The van der Waals surface area contributed by atoms with Crippen LogP contribution >= 0.6 is 15.9 Å². The summed E-state index contributed by atoms with van der Waals surface area (Å²) in [6, 6.07) is 8.87. The summed E-state index contributed by atoms with van der Waals surface area (Å²) in [7, 11) is 0. The summed E-state index contributed by atoms with van der Waals surface area (Å²) >= 11 is 3.18. The van der Waals surface area contributed by atoms with Crippen molar-refractivity contribution in [2.24, 2.45) is 0 Å². The second-order valence-corrected chi connectivity index (χ2v) is 4.35. The van der Waals surface area contributed by atoms with Gasteiger partial charge in [-0.15, -0.1) is 0 Å². The van der Waals surface area contributed by atoms with Gasteiger partial charge in [-0.3, -0.25) is 14.9 Å². The van der Waals surface area contributed by atoms with E-state index >= 15 is 0 Å². The van der Waals surface area contributed by atoms with Crippen molar-refractivity contribution in [2.45, 2.75) is 0 Å². The highest BCUT2D eigenvalue weighted by Gasteiger charge is 2.11. The Morgan fingerprint density at radius 1 is 1.26 bits per heavy atom. The lowest BCUT2D eigenvalue weighted by Gasteiger charge is -2.05. The van der Waals surface area contributed by atoms with E-state index in [0.29, 0.717) is 15.9 Å². The van der Waals surface area contributed by atoms with Crippen molar-refractivity contribution >= 4 is 33.2 Å². The molecule has 0 spiro atoms. The van der Waals surface area contributed by atoms with Gasteiger partial charge in [0.05, 0.1) is 10.5 Å². The zero-order chi connectivity index (χ0) is 13.8. The molecule has 2 rings (SSSR count). The molecule has 1 heterocycles. The lowest BCUT2D eigenvalue weighted by atomic mass is 10.2. The average Bonchev–Trinajstić information content (AvgIpc) is 2.39. The quantitative estimate of drug-likeness (QED) is 0.535. The molecule has 0 aliphatic carbocycles. The molecule has 6 nitrogen and oxygen atoms in total. The van der Waals surface area contributed by atoms with Crippen LogP contribution in [0.3, 0.4) is 0 Å². The molecule has 0 unspecified atom stereocenters. The first-order chi connectivity index (χ1) is 9.08. The summed E-state index contributed by atoms with van der Waals surface area (Å²) in [6.07, 6.45) is 1.56. The summed E-state index contributed by atoms with van der Waals surface area (Å²) < 4.78 is 0.439. The third kappa shape index (κ3) is 3.14. The van der Waals surface area contributed by atoms with E-state index in [-0.39, 0.29) is 11.6 Å². The molecule has 0 saturated heterocycles. The monoisotopic (exact) mass is 321 g/mol. The molecule has 0 saturated carbocycles. The number of nitrogens with zero attached hydrogens (tertiary/aromatic N) is 2. The minimum atomic E-state index is -0.497. The van der Waals surface area contributed by atoms with Crippen molar-refractivity contribution in [1.29, 1.82) is 0 Å². The minimum absolute atomic E-state index is 0.0273. The lowest BCUT2D eigenvalue weighted by Crippen LogP contribution is -2.12. The number of rotatable bonds is 3. The van der Waals surface area contributed by atoms with Gasteiger partial charge in [0.2, 0.25) is 0 Å². The van der Waals surface area contributed by atoms with E-state index in [4.69, 9.17) is 0 Å². The predicted molar refractivity (Wildman–Crippen MR) is 73.0 cm³/mol. The molecule has 0 bridgehead atoms. The number of hydrogen-bond donors (Lipinski definition) is 1. The molecule has 0 aliphatic rings. The van der Waals surface area contributed by atoms with Gasteiger partial charge in [-0.25, -0.2) is 4.98 Å². The first-order valence-electron chi connectivity index (χ1n) is 5.24. The number of amides is 1. The molecule has 1 aromatic heterocycles. The largest absolute Gasteiger partial charge is 0.322 e. The third-order valence-electron chi connectivity index (χ3n) is 2.34. The summed E-state index contributed by atoms with van der Waals surface area (Å²) in [4.78, 5) is 25.9. The highest BCUT2D eigenvalue weighted by molar-refractivity contribution is 9.10. The number of nitro benzene ring substituents is 1. The molecule has 1 aromatic carbocycles. The Bertz CT molecular complexity index is 628. The Morgan fingerprint density at radius 3 is 2.53 bits per heavy atom. The maximum absolute atomic E-state index is 11.9. The average molecular weight is 322 g/mol. The summed E-state index contributed by atoms with van der Waals surface area (Å²) in [5, 5.41) is 13.1. The van der Waals surface area contributed by atoms with Gasteiger partial charge < -0.3 is 5.32 Å². The van der Waals surface area contributed by atoms with Crippen LogP contribution in [0.4, 0.5) is 11.4 Å². The summed E-state index contributed by atoms with van der Waals surface area (Å²) in [5.74, 6) is -0.339. The van der Waals surface area contributed by atoms with E-state index in [0.717, 1.165) is 0 Å². The van der Waals surface area contributed by atoms with E-state index in [1.807, 2.05) is 0 Å². The molecule has 2 aromatic rings. The van der Waals surface area contributed by atoms with E-state index in [1.54, 1.807) is 18.3 Å². The van der Waals surface area contributed by atoms with Gasteiger partial charge in [-0.05, 0) is 40.2 Å². The van der Waals surface area contributed by atoms with Gasteiger partial charge >= 0.3 is 0 Å². The molecule has 0 atom stereocenters. The second kappa shape index (κ2) is 5.57. The summed E-state index contributed by atoms with van der Waals surface area (Å²) in [5.41, 5.74) is 0.841. The number of benzene rings is 1. The zero-order valence-electron chi connectivity index (χ0n) is 9.54. The number of nitrogens with one attached hydrogen (secondary N) is 1. The molecule has 96 valence electrons. The minimum Gasteiger partial charge on any atom is -0.322 e. The predicted octanol–water partition coefficient (Wildman–Crippen LogP) is 3.00. The van der Waals surface area contributed by atoms with Crippen molar-refractivity contribution in [3.05, 3.63) is 62.9 Å². The molecule has 1 N–H and O–H groups in total. The highest BCUT2D eigenvalue weighted by atomic mass is 79.9. The first kappa shape index (κ1) is 13.2. The molecule has 19 heavy (non-hydrogen) atoms. The number of carbonyl (C=O) groups excluding carboxylic acids is 1. The Kier molecular flexibility index (Phi) is 3.86. The van der Waals surface area contributed by atoms with Crippen LogP contribution in [0.25, 0.3) is 0 Å². The fourth-order valence-electron chi connectivity index (χ4n) is 1.42. The van der Waals surface area contributed by atoms with Crippen molar-refractivity contribution in [3.63, 3.8) is 0 Å². The number of nitro groups is 1. The molecular formula is C12H8BrN3O3. The first-order valence-corrected chi connectivity index (χ1v) is 6.03. The molecule has 0 fully saturated rings. The fraction of sp³-hybridized carbons (Fsp3) is 0. The summed E-state index contributed by atoms with van der Waals surface area (Å²) in [6.45, 7) is 0. The van der Waals surface area contributed by atoms with E-state index in [9.17, 15) is 14.9 Å². The Hall–Kier alpha value is -2.28. The number of aromatic nitrogens is 1. The molecule has 7 heteroatoms. The third-order valence-corrected chi connectivity index (χ3v) is 2.97. The van der Waals surface area contributed by atoms with Gasteiger partial charge in [0.15, 0.2) is 0 Å². The van der Waals surface area contributed by atoms with Crippen molar-refractivity contribution in [2.75, 3.05) is 5.32 Å². The Morgan fingerprint density at radius 2 is 1.95 bits per heavy atom. The fourth-order valence-corrected chi connectivity index (χ4v) is 1.85. The highest BCUT2D eigenvalue weighted by Crippen LogP contribution is 2.18. The van der Waals surface area contributed by atoms with Crippen LogP contribution in [0.2, 0.25) is 0 Å². The Balaban J connectivity index is 2.15. The Labute approximate surface area is 116 Å². The van der Waals surface area contributed by atoms with E-state index < -0.39 is 4.92 Å². The van der Waals surface area contributed by atoms with E-state index in [1.165, 1.54) is 24.3 Å². The van der Waals surface area contributed by atoms with Crippen LogP contribution in [0.5, 0.6) is 0 Å². The number of hydrogen-bond acceptors (Lipinski definition) is 4. The number of halogens is 1. The standard InChI is InChI=1S/C12H8BrN3O3/c13-11-10(2-1-7-14-11)12(17)15-8-3-5-9(6-4-8)16(18)19/h1-7H,(H,15,17). The SMILES string of the molecule is O=C(Nc1ccc([N+](=O)[O-])cc1)c1cccnc1Br. The maximum atomic E-state index is 11.9. The van der Waals surface area contributed by atoms with Crippen molar-refractivity contribution in [1.82, 2.24) is 4.98 Å². The van der Waals surface area contributed by atoms with Gasteiger partial charge in [-0.1, -0.05) is 0 Å². The van der Waals surface area contributed by atoms with Crippen molar-refractivity contribution in [3.8, 4) is 0 Å². The molecule has 1 amide bonds. The number of carbonyl (C=O) groups is 1. The van der Waals surface area contributed by atoms with Crippen LogP contribution in [-0.2, 0) is 0 Å². The molecule has 0 radical (unpaired) electrons. The second-order valence-electron chi connectivity index (χ2n) is 3.60. The van der Waals surface area contributed by atoms with Crippen LogP contribution in [-0.4, -0.2) is 15.8 Å². The van der Waals surface area contributed by atoms with Crippen LogP contribution in [0.1, 0.15) is 10.4 Å². The van der Waals surface area contributed by atoms with Crippen LogP contribution < -0.4 is 5.32 Å². The maximum Gasteiger partial charge on any atom is 0.269 e. The van der Waals surface area contributed by atoms with Crippen LogP contribution in [0.15, 0.2) is 47.2 Å². The van der Waals surface area contributed by atoms with Gasteiger partial charge in [-0.2, -0.15) is 0 Å². The number of anilines is 1. The number of non-ortho nitro benzene ring substituents is 1. The lowest BCUT2D eigenvalue weighted by molar-refractivity contribution is -0.384. The van der Waals surface area contributed by atoms with Crippen molar-refractivity contribution < 1.29 is 9.72 Å². The van der Waals surface area contributed by atoms with Crippen LogP contribution in [0, 0.1) is 10.1 Å². The zero-order valence-corrected chi connectivity index (χ0v) is 11.1. The van der Waals surface area contributed by atoms with Gasteiger partial charge in [0, 0.05) is 24.0 Å². The normalized spacial score (nSPS) is 9.95. The molecule has 0 aliphatic heterocycles. The van der Waals surface area contributed by atoms with Gasteiger partial charge in [0.25, 0.3) is 11.6 Å². The topological polar surface area (TPSA) is 85.1 Å². The molecular weight excluding hydrogens is 314 g/mol. The smallest absolute Gasteiger partial charge is 0.269 e. The number of pyridine rings is 1. The van der Waals surface area contributed by atoms with E-state index in [2.05, 4.69) is 26.2 Å². The van der Waals surface area contributed by atoms with Gasteiger partial charge in [0.1, 0.15) is 4.60 Å².